The Morgan fingerprint density at radius 3 is 2.48 bits per heavy atom. The number of rotatable bonds is 3. The maximum Gasteiger partial charge on any atom is 0.187 e. The van der Waals surface area contributed by atoms with Crippen molar-refractivity contribution in [2.24, 2.45) is 0 Å². The van der Waals surface area contributed by atoms with Crippen molar-refractivity contribution < 1.29 is 0 Å². The summed E-state index contributed by atoms with van der Waals surface area (Å²) in [5.74, 6) is 0. The minimum atomic E-state index is 0. The van der Waals surface area contributed by atoms with Crippen LogP contribution in [0.1, 0.15) is 5.69 Å². The predicted molar refractivity (Wildman–Crippen MR) is 116 cm³/mol. The molecule has 0 saturated heterocycles. The number of nitrogens with zero attached hydrogens (tertiary/aromatic N) is 3. The summed E-state index contributed by atoms with van der Waals surface area (Å²) in [6.45, 7) is 2.01. The quantitative estimate of drug-likeness (QED) is 0.315. The molecule has 8 heteroatoms. The Kier molecular flexibility index (Phi) is 5.62. The smallest absolute Gasteiger partial charge is 0.187 e. The van der Waals surface area contributed by atoms with E-state index in [1.165, 1.54) is 0 Å². The normalized spacial score (nSPS) is 10.7. The van der Waals surface area contributed by atoms with E-state index in [1.807, 2.05) is 49.5 Å². The Morgan fingerprint density at radius 1 is 1.00 bits per heavy atom. The van der Waals surface area contributed by atoms with Crippen molar-refractivity contribution in [1.29, 1.82) is 0 Å². The SMILES string of the molecule is Br.Cc1nc2ccc(Br)cn2c1-c1csc(Nc2ccc(Br)cc2)n1. The fourth-order valence-corrected chi connectivity index (χ4v) is 3.86. The van der Waals surface area contributed by atoms with E-state index in [-0.39, 0.29) is 17.0 Å². The van der Waals surface area contributed by atoms with Gasteiger partial charge in [0.25, 0.3) is 0 Å². The Balaban J connectivity index is 0.00000182. The van der Waals surface area contributed by atoms with Gasteiger partial charge >= 0.3 is 0 Å². The Labute approximate surface area is 176 Å². The lowest BCUT2D eigenvalue weighted by atomic mass is 10.3. The van der Waals surface area contributed by atoms with E-state index in [2.05, 4.69) is 51.9 Å². The molecule has 128 valence electrons. The zero-order valence-corrected chi connectivity index (χ0v) is 18.7. The second kappa shape index (κ2) is 7.57. The van der Waals surface area contributed by atoms with Crippen molar-refractivity contribution in [3.8, 4) is 11.4 Å². The number of pyridine rings is 1. The highest BCUT2D eigenvalue weighted by Crippen LogP contribution is 2.30. The fourth-order valence-electron chi connectivity index (χ4n) is 2.54. The van der Waals surface area contributed by atoms with Crippen LogP contribution in [-0.2, 0) is 0 Å². The van der Waals surface area contributed by atoms with Crippen LogP contribution in [0.4, 0.5) is 10.8 Å². The monoisotopic (exact) mass is 542 g/mol. The van der Waals surface area contributed by atoms with Gasteiger partial charge in [-0.25, -0.2) is 9.97 Å². The number of aromatic nitrogens is 3. The predicted octanol–water partition coefficient (Wildman–Crippen LogP) is 6.61. The molecule has 0 unspecified atom stereocenters. The van der Waals surface area contributed by atoms with Crippen LogP contribution in [0.25, 0.3) is 17.0 Å². The summed E-state index contributed by atoms with van der Waals surface area (Å²) >= 11 is 8.55. The summed E-state index contributed by atoms with van der Waals surface area (Å²) in [6, 6.07) is 12.0. The molecule has 25 heavy (non-hydrogen) atoms. The molecule has 1 N–H and O–H groups in total. The van der Waals surface area contributed by atoms with Gasteiger partial charge in [0, 0.05) is 26.2 Å². The van der Waals surface area contributed by atoms with Gasteiger partial charge in [-0.3, -0.25) is 4.40 Å². The molecule has 4 aromatic rings. The van der Waals surface area contributed by atoms with Crippen molar-refractivity contribution in [3.05, 3.63) is 62.6 Å². The van der Waals surface area contributed by atoms with Gasteiger partial charge in [-0.15, -0.1) is 28.3 Å². The van der Waals surface area contributed by atoms with Crippen LogP contribution >= 0.6 is 60.2 Å². The van der Waals surface area contributed by atoms with Crippen LogP contribution in [-0.4, -0.2) is 14.4 Å². The Hall–Kier alpha value is -1.22. The number of imidazole rings is 1. The summed E-state index contributed by atoms with van der Waals surface area (Å²) in [4.78, 5) is 9.35. The molecule has 0 amide bonds. The molecular formula is C17H13Br3N4S. The molecule has 0 spiro atoms. The van der Waals surface area contributed by atoms with Gasteiger partial charge in [-0.1, -0.05) is 15.9 Å². The molecule has 3 heterocycles. The number of hydrogen-bond acceptors (Lipinski definition) is 4. The van der Waals surface area contributed by atoms with E-state index in [0.29, 0.717) is 0 Å². The molecule has 4 nitrogen and oxygen atoms in total. The van der Waals surface area contributed by atoms with E-state index in [0.717, 1.165) is 42.5 Å². The summed E-state index contributed by atoms with van der Waals surface area (Å²) in [5.41, 5.74) is 4.83. The molecule has 4 rings (SSSR count). The van der Waals surface area contributed by atoms with Crippen molar-refractivity contribution in [1.82, 2.24) is 14.4 Å². The van der Waals surface area contributed by atoms with Crippen LogP contribution < -0.4 is 5.32 Å². The van der Waals surface area contributed by atoms with Crippen LogP contribution in [0.2, 0.25) is 0 Å². The van der Waals surface area contributed by atoms with E-state index < -0.39 is 0 Å². The summed E-state index contributed by atoms with van der Waals surface area (Å²) < 4.78 is 4.13. The van der Waals surface area contributed by atoms with Crippen molar-refractivity contribution in [2.75, 3.05) is 5.32 Å². The number of benzene rings is 1. The number of hydrogen-bond donors (Lipinski definition) is 1. The summed E-state index contributed by atoms with van der Waals surface area (Å²) in [5, 5.41) is 6.25. The zero-order chi connectivity index (χ0) is 16.7. The van der Waals surface area contributed by atoms with Crippen LogP contribution in [0.15, 0.2) is 56.9 Å². The lowest BCUT2D eigenvalue weighted by Gasteiger charge is -2.02. The molecule has 0 saturated carbocycles. The standard InChI is InChI=1S/C17H12Br2N4S.BrH/c1-10-16(23-8-12(19)4-7-15(23)20-10)14-9-24-17(22-14)21-13-5-2-11(18)3-6-13;/h2-9H,1H3,(H,21,22);1H. The molecule has 0 atom stereocenters. The zero-order valence-electron chi connectivity index (χ0n) is 13.0. The van der Waals surface area contributed by atoms with E-state index in [1.54, 1.807) is 11.3 Å². The second-order valence-corrected chi connectivity index (χ2v) is 7.98. The minimum absolute atomic E-state index is 0. The largest absolute Gasteiger partial charge is 0.332 e. The third-order valence-corrected chi connectivity index (χ3v) is 5.35. The molecule has 0 bridgehead atoms. The van der Waals surface area contributed by atoms with Gasteiger partial charge in [-0.2, -0.15) is 0 Å². The van der Waals surface area contributed by atoms with Gasteiger partial charge in [0.1, 0.15) is 11.3 Å². The topological polar surface area (TPSA) is 42.2 Å². The summed E-state index contributed by atoms with van der Waals surface area (Å²) in [6.07, 6.45) is 2.02. The first-order valence-corrected chi connectivity index (χ1v) is 9.69. The molecule has 3 aromatic heterocycles. The molecule has 0 radical (unpaired) electrons. The van der Waals surface area contributed by atoms with E-state index in [4.69, 9.17) is 4.98 Å². The number of anilines is 2. The average Bonchev–Trinajstić information content (AvgIpc) is 3.12. The maximum absolute atomic E-state index is 4.73. The molecule has 0 aliphatic carbocycles. The molecular weight excluding hydrogens is 532 g/mol. The Morgan fingerprint density at radius 2 is 1.72 bits per heavy atom. The number of fused-ring (bicyclic) bond motifs is 1. The fraction of sp³-hybridized carbons (Fsp3) is 0.0588. The number of aryl methyl sites for hydroxylation is 1. The van der Waals surface area contributed by atoms with Crippen molar-refractivity contribution in [2.45, 2.75) is 6.92 Å². The first-order chi connectivity index (χ1) is 11.6. The second-order valence-electron chi connectivity index (χ2n) is 5.29. The highest BCUT2D eigenvalue weighted by atomic mass is 79.9. The number of halogens is 3. The first-order valence-electron chi connectivity index (χ1n) is 7.23. The maximum atomic E-state index is 4.73. The lowest BCUT2D eigenvalue weighted by molar-refractivity contribution is 1.16. The van der Waals surface area contributed by atoms with Crippen LogP contribution in [0.5, 0.6) is 0 Å². The highest BCUT2D eigenvalue weighted by molar-refractivity contribution is 9.10. The summed E-state index contributed by atoms with van der Waals surface area (Å²) in [7, 11) is 0. The minimum Gasteiger partial charge on any atom is -0.332 e. The molecule has 0 aliphatic rings. The third-order valence-electron chi connectivity index (χ3n) is 3.60. The van der Waals surface area contributed by atoms with Gasteiger partial charge in [-0.05, 0) is 59.3 Å². The van der Waals surface area contributed by atoms with Crippen molar-refractivity contribution in [3.63, 3.8) is 0 Å². The molecule has 0 fully saturated rings. The van der Waals surface area contributed by atoms with Crippen molar-refractivity contribution >= 4 is 76.6 Å². The number of nitrogens with one attached hydrogen (secondary N) is 1. The lowest BCUT2D eigenvalue weighted by Crippen LogP contribution is -1.92. The van der Waals surface area contributed by atoms with E-state index in [9.17, 15) is 0 Å². The van der Waals surface area contributed by atoms with Gasteiger partial charge in [0.2, 0.25) is 0 Å². The van der Waals surface area contributed by atoms with Gasteiger partial charge < -0.3 is 5.32 Å². The Bertz CT molecular complexity index is 1020. The molecule has 1 aromatic carbocycles. The average molecular weight is 545 g/mol. The van der Waals surface area contributed by atoms with Crippen LogP contribution in [0.3, 0.4) is 0 Å². The first kappa shape index (κ1) is 18.6. The number of thiazole rings is 1. The van der Waals surface area contributed by atoms with Gasteiger partial charge in [0.15, 0.2) is 5.13 Å². The third kappa shape index (κ3) is 3.81. The van der Waals surface area contributed by atoms with Gasteiger partial charge in [0.05, 0.1) is 11.4 Å². The molecule has 0 aliphatic heterocycles. The van der Waals surface area contributed by atoms with E-state index >= 15 is 0 Å². The van der Waals surface area contributed by atoms with Crippen LogP contribution in [0, 0.1) is 6.92 Å². The highest BCUT2D eigenvalue weighted by Gasteiger charge is 2.14.